The predicted molar refractivity (Wildman–Crippen MR) is 78.4 cm³/mol. The number of carboxylic acid groups (broad SMARTS) is 1. The van der Waals surface area contributed by atoms with Gasteiger partial charge in [-0.1, -0.05) is 20.8 Å². The van der Waals surface area contributed by atoms with Gasteiger partial charge in [0.25, 0.3) is 0 Å². The Hall–Kier alpha value is -1.10. The van der Waals surface area contributed by atoms with Crippen molar-refractivity contribution in [3.8, 4) is 0 Å². The van der Waals surface area contributed by atoms with Crippen LogP contribution in [0.25, 0.3) is 0 Å². The van der Waals surface area contributed by atoms with Crippen LogP contribution >= 0.6 is 0 Å². The molecule has 20 heavy (non-hydrogen) atoms. The van der Waals surface area contributed by atoms with E-state index in [-0.39, 0.29) is 17.9 Å². The number of hydrogen-bond acceptors (Lipinski definition) is 3. The summed E-state index contributed by atoms with van der Waals surface area (Å²) in [5, 5.41) is 15.3. The van der Waals surface area contributed by atoms with Crippen molar-refractivity contribution in [2.75, 3.05) is 19.6 Å². The van der Waals surface area contributed by atoms with Crippen molar-refractivity contribution in [2.45, 2.75) is 47.0 Å². The minimum atomic E-state index is -0.841. The lowest BCUT2D eigenvalue weighted by molar-refractivity contribution is -0.143. The summed E-state index contributed by atoms with van der Waals surface area (Å²) in [7, 11) is 0. The molecule has 2 atom stereocenters. The zero-order chi connectivity index (χ0) is 15.4. The van der Waals surface area contributed by atoms with Crippen LogP contribution in [0, 0.1) is 16.7 Å². The molecule has 0 aromatic heterocycles. The van der Waals surface area contributed by atoms with Gasteiger partial charge < -0.3 is 15.7 Å². The van der Waals surface area contributed by atoms with Gasteiger partial charge in [-0.05, 0) is 38.1 Å². The van der Waals surface area contributed by atoms with Crippen molar-refractivity contribution in [3.05, 3.63) is 0 Å². The number of aliphatic carboxylic acids is 1. The summed E-state index contributed by atoms with van der Waals surface area (Å²) in [5.41, 5.74) is -0.479. The number of hydrogen-bond donors (Lipinski definition) is 3. The third-order valence-electron chi connectivity index (χ3n) is 3.86. The SMILES string of the molecule is CC(C)(C)CC(CNC(=O)C1(C)CCCNC1)C(=O)O. The average Bonchev–Trinajstić information content (AvgIpc) is 2.33. The fourth-order valence-electron chi connectivity index (χ4n) is 2.67. The minimum absolute atomic E-state index is 0.0372. The van der Waals surface area contributed by atoms with Gasteiger partial charge in [-0.2, -0.15) is 0 Å². The van der Waals surface area contributed by atoms with Crippen LogP contribution in [0.4, 0.5) is 0 Å². The van der Waals surface area contributed by atoms with Crippen LogP contribution < -0.4 is 10.6 Å². The monoisotopic (exact) mass is 284 g/mol. The average molecular weight is 284 g/mol. The molecular formula is C15H28N2O3. The second-order valence-corrected chi connectivity index (χ2v) is 7.35. The molecule has 0 spiro atoms. The molecule has 116 valence electrons. The molecule has 1 fully saturated rings. The summed E-state index contributed by atoms with van der Waals surface area (Å²) in [6, 6.07) is 0. The molecule has 0 aromatic rings. The molecule has 0 aliphatic carbocycles. The molecule has 0 bridgehead atoms. The van der Waals surface area contributed by atoms with Gasteiger partial charge in [0.05, 0.1) is 11.3 Å². The van der Waals surface area contributed by atoms with Gasteiger partial charge in [0.1, 0.15) is 0 Å². The molecular weight excluding hydrogens is 256 g/mol. The Kier molecular flexibility index (Phi) is 5.57. The van der Waals surface area contributed by atoms with E-state index < -0.39 is 17.3 Å². The number of carboxylic acids is 1. The maximum Gasteiger partial charge on any atom is 0.308 e. The number of carbonyl (C=O) groups is 2. The van der Waals surface area contributed by atoms with E-state index in [1.807, 2.05) is 27.7 Å². The van der Waals surface area contributed by atoms with Gasteiger partial charge in [-0.3, -0.25) is 9.59 Å². The third-order valence-corrected chi connectivity index (χ3v) is 3.86. The first-order valence-electron chi connectivity index (χ1n) is 7.36. The van der Waals surface area contributed by atoms with Gasteiger partial charge in [-0.25, -0.2) is 0 Å². The summed E-state index contributed by atoms with van der Waals surface area (Å²) in [4.78, 5) is 23.6. The van der Waals surface area contributed by atoms with Crippen molar-refractivity contribution in [2.24, 2.45) is 16.7 Å². The fourth-order valence-corrected chi connectivity index (χ4v) is 2.67. The van der Waals surface area contributed by atoms with Gasteiger partial charge in [-0.15, -0.1) is 0 Å². The Morgan fingerprint density at radius 1 is 1.40 bits per heavy atom. The van der Waals surface area contributed by atoms with E-state index in [1.54, 1.807) is 0 Å². The molecule has 0 saturated carbocycles. The summed E-state index contributed by atoms with van der Waals surface area (Å²) in [5.74, 6) is -1.41. The third kappa shape index (κ3) is 5.12. The van der Waals surface area contributed by atoms with Gasteiger partial charge >= 0.3 is 5.97 Å². The number of nitrogens with one attached hydrogen (secondary N) is 2. The minimum Gasteiger partial charge on any atom is -0.481 e. The van der Waals surface area contributed by atoms with Crippen LogP contribution in [0.2, 0.25) is 0 Å². The smallest absolute Gasteiger partial charge is 0.308 e. The lowest BCUT2D eigenvalue weighted by Gasteiger charge is -2.33. The molecule has 2 unspecified atom stereocenters. The van der Waals surface area contributed by atoms with Gasteiger partial charge in [0.15, 0.2) is 0 Å². The second-order valence-electron chi connectivity index (χ2n) is 7.35. The summed E-state index contributed by atoms with van der Waals surface area (Å²) in [6.07, 6.45) is 2.38. The van der Waals surface area contributed by atoms with Crippen molar-refractivity contribution in [1.29, 1.82) is 0 Å². The number of carbonyl (C=O) groups excluding carboxylic acids is 1. The van der Waals surface area contributed by atoms with Crippen LogP contribution in [-0.4, -0.2) is 36.6 Å². The highest BCUT2D eigenvalue weighted by Crippen LogP contribution is 2.27. The molecule has 5 heteroatoms. The molecule has 1 heterocycles. The van der Waals surface area contributed by atoms with E-state index in [0.29, 0.717) is 13.0 Å². The zero-order valence-electron chi connectivity index (χ0n) is 13.1. The van der Waals surface area contributed by atoms with Gasteiger partial charge in [0, 0.05) is 13.1 Å². The van der Waals surface area contributed by atoms with Crippen molar-refractivity contribution >= 4 is 11.9 Å². The number of amides is 1. The first-order valence-corrected chi connectivity index (χ1v) is 7.36. The number of rotatable bonds is 5. The summed E-state index contributed by atoms with van der Waals surface area (Å²) >= 11 is 0. The lowest BCUT2D eigenvalue weighted by atomic mass is 9.81. The van der Waals surface area contributed by atoms with E-state index in [4.69, 9.17) is 0 Å². The van der Waals surface area contributed by atoms with E-state index in [9.17, 15) is 14.7 Å². The van der Waals surface area contributed by atoms with Crippen LogP contribution in [0.15, 0.2) is 0 Å². The van der Waals surface area contributed by atoms with Crippen LogP contribution in [0.5, 0.6) is 0 Å². The van der Waals surface area contributed by atoms with Crippen LogP contribution in [0.1, 0.15) is 47.0 Å². The number of piperidine rings is 1. The van der Waals surface area contributed by atoms with Crippen molar-refractivity contribution < 1.29 is 14.7 Å². The standard InChI is InChI=1S/C15H28N2O3/c1-14(2,3)8-11(12(18)19)9-17-13(20)15(4)6-5-7-16-10-15/h11,16H,5-10H2,1-4H3,(H,17,20)(H,18,19). The Morgan fingerprint density at radius 3 is 2.50 bits per heavy atom. The highest BCUT2D eigenvalue weighted by molar-refractivity contribution is 5.83. The molecule has 1 saturated heterocycles. The van der Waals surface area contributed by atoms with Crippen LogP contribution in [-0.2, 0) is 9.59 Å². The molecule has 1 aliphatic heterocycles. The molecule has 0 radical (unpaired) electrons. The maximum atomic E-state index is 12.3. The van der Waals surface area contributed by atoms with E-state index >= 15 is 0 Å². The highest BCUT2D eigenvalue weighted by Gasteiger charge is 2.35. The molecule has 3 N–H and O–H groups in total. The van der Waals surface area contributed by atoms with E-state index in [1.165, 1.54) is 0 Å². The largest absolute Gasteiger partial charge is 0.481 e. The quantitative estimate of drug-likeness (QED) is 0.717. The normalized spacial score (nSPS) is 25.0. The molecule has 1 aliphatic rings. The second kappa shape index (κ2) is 6.57. The Bertz CT molecular complexity index is 355. The van der Waals surface area contributed by atoms with Crippen LogP contribution in [0.3, 0.4) is 0 Å². The molecule has 5 nitrogen and oxygen atoms in total. The zero-order valence-corrected chi connectivity index (χ0v) is 13.1. The summed E-state index contributed by atoms with van der Waals surface area (Å²) in [6.45, 7) is 9.79. The van der Waals surface area contributed by atoms with Gasteiger partial charge in [0.2, 0.25) is 5.91 Å². The lowest BCUT2D eigenvalue weighted by Crippen LogP contribution is -2.50. The topological polar surface area (TPSA) is 78.4 Å². The first kappa shape index (κ1) is 17.0. The maximum absolute atomic E-state index is 12.3. The molecule has 1 rings (SSSR count). The van der Waals surface area contributed by atoms with Crippen molar-refractivity contribution in [1.82, 2.24) is 10.6 Å². The first-order chi connectivity index (χ1) is 9.14. The Balaban J connectivity index is 2.54. The molecule has 1 amide bonds. The highest BCUT2D eigenvalue weighted by atomic mass is 16.4. The molecule has 0 aromatic carbocycles. The summed E-state index contributed by atoms with van der Waals surface area (Å²) < 4.78 is 0. The fraction of sp³-hybridized carbons (Fsp3) is 0.867. The Morgan fingerprint density at radius 2 is 2.05 bits per heavy atom. The van der Waals surface area contributed by atoms with Crippen molar-refractivity contribution in [3.63, 3.8) is 0 Å². The predicted octanol–water partition coefficient (Wildman–Crippen LogP) is 1.63. The van der Waals surface area contributed by atoms with E-state index in [0.717, 1.165) is 19.4 Å². The van der Waals surface area contributed by atoms with E-state index in [2.05, 4.69) is 10.6 Å². The Labute approximate surface area is 121 Å².